The number of nitro benzene ring substituents is 1. The van der Waals surface area contributed by atoms with Crippen molar-refractivity contribution in [3.63, 3.8) is 0 Å². The monoisotopic (exact) mass is 314 g/mol. The molecule has 0 amide bonds. The van der Waals surface area contributed by atoms with Crippen LogP contribution in [0.25, 0.3) is 10.6 Å². The summed E-state index contributed by atoms with van der Waals surface area (Å²) in [6.45, 7) is 1.49. The molecule has 0 saturated carbocycles. The van der Waals surface area contributed by atoms with E-state index < -0.39 is 14.9 Å². The summed E-state index contributed by atoms with van der Waals surface area (Å²) >= 11 is 0.943. The van der Waals surface area contributed by atoms with E-state index in [0.717, 1.165) is 11.3 Å². The summed E-state index contributed by atoms with van der Waals surface area (Å²) in [5, 5.41) is 18.8. The van der Waals surface area contributed by atoms with Crippen LogP contribution in [0.4, 0.5) is 10.8 Å². The number of nitrogens with zero attached hydrogens (tertiary/aromatic N) is 3. The predicted octanol–water partition coefficient (Wildman–Crippen LogP) is 1.87. The second-order valence-corrected chi connectivity index (χ2v) is 6.68. The van der Waals surface area contributed by atoms with Gasteiger partial charge in [0.1, 0.15) is 0 Å². The molecule has 2 aromatic rings. The lowest BCUT2D eigenvalue weighted by molar-refractivity contribution is -0.384. The molecule has 20 heavy (non-hydrogen) atoms. The second-order valence-electron chi connectivity index (χ2n) is 3.69. The highest BCUT2D eigenvalue weighted by molar-refractivity contribution is 7.92. The first-order valence-electron chi connectivity index (χ1n) is 5.50. The third-order valence-electron chi connectivity index (χ3n) is 2.38. The lowest BCUT2D eigenvalue weighted by Gasteiger charge is -1.99. The Morgan fingerprint density at radius 2 is 2.05 bits per heavy atom. The van der Waals surface area contributed by atoms with Crippen molar-refractivity contribution in [3.8, 4) is 10.6 Å². The van der Waals surface area contributed by atoms with E-state index in [1.807, 2.05) is 0 Å². The maximum absolute atomic E-state index is 11.4. The quantitative estimate of drug-likeness (QED) is 0.665. The molecule has 0 bridgehead atoms. The number of aromatic nitrogens is 2. The van der Waals surface area contributed by atoms with E-state index in [1.54, 1.807) is 12.1 Å². The number of hydrogen-bond donors (Lipinski definition) is 1. The molecule has 0 aliphatic carbocycles. The van der Waals surface area contributed by atoms with Crippen molar-refractivity contribution < 1.29 is 13.3 Å². The molecule has 0 unspecified atom stereocenters. The van der Waals surface area contributed by atoms with Gasteiger partial charge in [0.2, 0.25) is 15.2 Å². The molecule has 0 spiro atoms. The third kappa shape index (κ3) is 3.08. The van der Waals surface area contributed by atoms with Gasteiger partial charge in [0.05, 0.1) is 16.2 Å². The van der Waals surface area contributed by atoms with Gasteiger partial charge in [-0.3, -0.25) is 14.8 Å². The molecule has 0 aliphatic heterocycles. The number of nitrogens with one attached hydrogen (secondary N) is 1. The van der Waals surface area contributed by atoms with Crippen molar-refractivity contribution in [2.45, 2.75) is 6.92 Å². The Balaban J connectivity index is 2.37. The fourth-order valence-electron chi connectivity index (χ4n) is 1.39. The lowest BCUT2D eigenvalue weighted by Crippen LogP contribution is -2.14. The summed E-state index contributed by atoms with van der Waals surface area (Å²) in [5.74, 6) is -0.0899. The maximum Gasteiger partial charge on any atom is 0.279 e. The summed E-state index contributed by atoms with van der Waals surface area (Å²) in [5.41, 5.74) is 0.200. The molecule has 0 fully saturated rings. The molecule has 1 N–H and O–H groups in total. The molecule has 1 aromatic carbocycles. The molecule has 10 heteroatoms. The molecule has 1 heterocycles. The normalized spacial score (nSPS) is 11.2. The van der Waals surface area contributed by atoms with E-state index in [-0.39, 0.29) is 21.6 Å². The highest BCUT2D eigenvalue weighted by Gasteiger charge is 2.19. The van der Waals surface area contributed by atoms with Crippen LogP contribution < -0.4 is 4.72 Å². The molecule has 8 nitrogen and oxygen atoms in total. The van der Waals surface area contributed by atoms with Gasteiger partial charge in [-0.05, 0) is 13.0 Å². The zero-order valence-electron chi connectivity index (χ0n) is 10.3. The van der Waals surface area contributed by atoms with E-state index in [9.17, 15) is 18.5 Å². The molecule has 1 aromatic heterocycles. The number of sulfonamides is 1. The molecular weight excluding hydrogens is 304 g/mol. The summed E-state index contributed by atoms with van der Waals surface area (Å²) in [4.78, 5) is 10.4. The highest BCUT2D eigenvalue weighted by Crippen LogP contribution is 2.33. The van der Waals surface area contributed by atoms with Gasteiger partial charge in [-0.15, -0.1) is 10.2 Å². The van der Waals surface area contributed by atoms with Crippen LogP contribution in [0, 0.1) is 10.1 Å². The maximum atomic E-state index is 11.4. The SMILES string of the molecule is CCS(=O)(=O)Nc1nnc(-c2ccccc2[N+](=O)[O-])s1. The Labute approximate surface area is 118 Å². The van der Waals surface area contributed by atoms with Crippen LogP contribution in [0.5, 0.6) is 0 Å². The molecule has 0 radical (unpaired) electrons. The van der Waals surface area contributed by atoms with Gasteiger partial charge in [-0.1, -0.05) is 23.5 Å². The minimum Gasteiger partial charge on any atom is -0.258 e. The molecule has 106 valence electrons. The Bertz CT molecular complexity index is 741. The first-order valence-corrected chi connectivity index (χ1v) is 7.97. The van der Waals surface area contributed by atoms with Gasteiger partial charge in [-0.2, -0.15) is 0 Å². The van der Waals surface area contributed by atoms with Gasteiger partial charge < -0.3 is 0 Å². The Morgan fingerprint density at radius 1 is 1.35 bits per heavy atom. The van der Waals surface area contributed by atoms with Crippen molar-refractivity contribution >= 4 is 32.2 Å². The minimum absolute atomic E-state index is 0.0833. The smallest absolute Gasteiger partial charge is 0.258 e. The zero-order valence-corrected chi connectivity index (χ0v) is 11.9. The summed E-state index contributed by atoms with van der Waals surface area (Å²) in [6.07, 6.45) is 0. The Kier molecular flexibility index (Phi) is 3.95. The fraction of sp³-hybridized carbons (Fsp3) is 0.200. The Morgan fingerprint density at radius 3 is 2.70 bits per heavy atom. The van der Waals surface area contributed by atoms with Gasteiger partial charge >= 0.3 is 0 Å². The van der Waals surface area contributed by atoms with Crippen LogP contribution in [0.1, 0.15) is 6.92 Å². The van der Waals surface area contributed by atoms with E-state index in [0.29, 0.717) is 5.56 Å². The topological polar surface area (TPSA) is 115 Å². The van der Waals surface area contributed by atoms with E-state index in [1.165, 1.54) is 19.1 Å². The van der Waals surface area contributed by atoms with Crippen molar-refractivity contribution in [3.05, 3.63) is 34.4 Å². The molecule has 2 rings (SSSR count). The van der Waals surface area contributed by atoms with Crippen LogP contribution in [0.3, 0.4) is 0 Å². The van der Waals surface area contributed by atoms with Crippen LogP contribution in [0.15, 0.2) is 24.3 Å². The van der Waals surface area contributed by atoms with Gasteiger partial charge in [0.15, 0.2) is 5.01 Å². The summed E-state index contributed by atoms with van der Waals surface area (Å²) in [7, 11) is -3.44. The van der Waals surface area contributed by atoms with E-state index in [4.69, 9.17) is 0 Å². The van der Waals surface area contributed by atoms with E-state index >= 15 is 0 Å². The van der Waals surface area contributed by atoms with Crippen LogP contribution in [-0.2, 0) is 10.0 Å². The summed E-state index contributed by atoms with van der Waals surface area (Å²) in [6, 6.07) is 6.08. The number of rotatable bonds is 5. The number of hydrogen-bond acceptors (Lipinski definition) is 7. The van der Waals surface area contributed by atoms with Crippen LogP contribution in [0.2, 0.25) is 0 Å². The number of anilines is 1. The predicted molar refractivity (Wildman–Crippen MR) is 75.1 cm³/mol. The highest BCUT2D eigenvalue weighted by atomic mass is 32.2. The van der Waals surface area contributed by atoms with E-state index in [2.05, 4.69) is 14.9 Å². The number of nitro groups is 1. The van der Waals surface area contributed by atoms with Crippen molar-refractivity contribution in [1.29, 1.82) is 0 Å². The van der Waals surface area contributed by atoms with Crippen molar-refractivity contribution in [1.82, 2.24) is 10.2 Å². The first-order chi connectivity index (χ1) is 9.43. The number of benzene rings is 1. The van der Waals surface area contributed by atoms with Gasteiger partial charge in [0.25, 0.3) is 5.69 Å². The van der Waals surface area contributed by atoms with Crippen molar-refractivity contribution in [2.24, 2.45) is 0 Å². The lowest BCUT2D eigenvalue weighted by atomic mass is 10.2. The number of para-hydroxylation sites is 1. The third-order valence-corrected chi connectivity index (χ3v) is 4.64. The Hall–Kier alpha value is -2.07. The average molecular weight is 314 g/mol. The molecule has 0 aliphatic rings. The zero-order chi connectivity index (χ0) is 14.8. The standard InChI is InChI=1S/C10H10N4O4S2/c1-2-20(17,18)13-10-12-11-9(19-10)7-5-3-4-6-8(7)14(15)16/h3-6H,2H2,1H3,(H,12,13). The molecule has 0 saturated heterocycles. The molecule has 0 atom stereocenters. The molecular formula is C10H10N4O4S2. The van der Waals surface area contributed by atoms with Gasteiger partial charge in [0, 0.05) is 6.07 Å². The largest absolute Gasteiger partial charge is 0.279 e. The first kappa shape index (κ1) is 14.3. The minimum atomic E-state index is -3.44. The van der Waals surface area contributed by atoms with Crippen LogP contribution in [-0.4, -0.2) is 29.3 Å². The summed E-state index contributed by atoms with van der Waals surface area (Å²) < 4.78 is 25.1. The second kappa shape index (κ2) is 5.51. The fourth-order valence-corrected chi connectivity index (χ4v) is 3.02. The van der Waals surface area contributed by atoms with Gasteiger partial charge in [-0.25, -0.2) is 8.42 Å². The van der Waals surface area contributed by atoms with Crippen LogP contribution >= 0.6 is 11.3 Å². The van der Waals surface area contributed by atoms with Crippen molar-refractivity contribution in [2.75, 3.05) is 10.5 Å². The average Bonchev–Trinajstić information content (AvgIpc) is 2.86.